The molecule has 5 aromatic rings. The molecule has 0 unspecified atom stereocenters. The molecular weight excluding hydrogens is 493 g/mol. The zero-order valence-corrected chi connectivity index (χ0v) is 21.9. The molecule has 9 heteroatoms. The van der Waals surface area contributed by atoms with E-state index in [1.165, 1.54) is 18.3 Å². The fraction of sp³-hybridized carbons (Fsp3) is 0.167. The van der Waals surface area contributed by atoms with E-state index in [-0.39, 0.29) is 17.6 Å². The normalized spacial score (nSPS) is 12.4. The molecule has 0 aliphatic heterocycles. The van der Waals surface area contributed by atoms with E-state index in [1.807, 2.05) is 51.1 Å². The lowest BCUT2D eigenvalue weighted by Gasteiger charge is -2.09. The average molecular weight is 522 g/mol. The molecule has 0 atom stereocenters. The molecular formula is C30H28FN7O. The number of nitrogens with zero attached hydrogens (tertiary/aromatic N) is 4. The van der Waals surface area contributed by atoms with E-state index in [2.05, 4.69) is 37.2 Å². The van der Waals surface area contributed by atoms with Crippen molar-refractivity contribution in [2.24, 2.45) is 10.9 Å². The predicted octanol–water partition coefficient (Wildman–Crippen LogP) is 6.41. The smallest absolute Gasteiger partial charge is 0.224 e. The number of amides is 1. The molecule has 0 fully saturated rings. The van der Waals surface area contributed by atoms with Crippen molar-refractivity contribution < 1.29 is 9.18 Å². The van der Waals surface area contributed by atoms with E-state index in [0.29, 0.717) is 34.7 Å². The first-order valence-electron chi connectivity index (χ1n) is 12.5. The summed E-state index contributed by atoms with van der Waals surface area (Å²) in [5.74, 6) is 0.413. The number of hydrogen-bond acceptors (Lipinski definition) is 5. The average Bonchev–Trinajstić information content (AvgIpc) is 3.51. The van der Waals surface area contributed by atoms with Crippen molar-refractivity contribution in [3.05, 3.63) is 84.2 Å². The summed E-state index contributed by atoms with van der Waals surface area (Å²) in [7, 11) is 0. The van der Waals surface area contributed by atoms with Crippen LogP contribution in [0.4, 0.5) is 4.39 Å². The van der Waals surface area contributed by atoms with Gasteiger partial charge in [0.15, 0.2) is 5.82 Å². The van der Waals surface area contributed by atoms with Crippen LogP contribution in [0.25, 0.3) is 50.2 Å². The summed E-state index contributed by atoms with van der Waals surface area (Å²) in [5, 5.41) is 11.4. The minimum absolute atomic E-state index is 0.0755. The molecule has 2 aromatic carbocycles. The summed E-state index contributed by atoms with van der Waals surface area (Å²) in [6, 6.07) is 12.3. The molecule has 3 heterocycles. The highest BCUT2D eigenvalue weighted by molar-refractivity contribution is 5.97. The molecule has 0 saturated heterocycles. The van der Waals surface area contributed by atoms with E-state index < -0.39 is 0 Å². The van der Waals surface area contributed by atoms with Crippen LogP contribution in [0.3, 0.4) is 0 Å². The number of fused-ring (bicyclic) bond motifs is 2. The summed E-state index contributed by atoms with van der Waals surface area (Å²) in [5.41, 5.74) is 6.74. The highest BCUT2D eigenvalue weighted by Crippen LogP contribution is 2.32. The number of aliphatic imine (C=N–C) groups is 1. The molecule has 8 nitrogen and oxygen atoms in total. The number of H-pyrrole nitrogens is 2. The Bertz CT molecular complexity index is 1760. The number of imidazole rings is 1. The summed E-state index contributed by atoms with van der Waals surface area (Å²) < 4.78 is 13.9. The van der Waals surface area contributed by atoms with Crippen molar-refractivity contribution in [1.82, 2.24) is 30.5 Å². The van der Waals surface area contributed by atoms with Crippen LogP contribution in [-0.4, -0.2) is 37.8 Å². The number of carbonyl (C=O) groups is 1. The number of aromatic nitrogens is 5. The summed E-state index contributed by atoms with van der Waals surface area (Å²) in [6.07, 6.45) is 7.18. The van der Waals surface area contributed by atoms with Gasteiger partial charge in [0, 0.05) is 29.8 Å². The Kier molecular flexibility index (Phi) is 7.14. The molecule has 39 heavy (non-hydrogen) atoms. The zero-order chi connectivity index (χ0) is 27.5. The van der Waals surface area contributed by atoms with Gasteiger partial charge in [0.1, 0.15) is 11.5 Å². The Morgan fingerprint density at radius 3 is 2.79 bits per heavy atom. The summed E-state index contributed by atoms with van der Waals surface area (Å²) in [4.78, 5) is 28.6. The number of allylic oxidation sites excluding steroid dienone is 2. The number of halogens is 1. The number of aromatic amines is 2. The molecule has 3 N–H and O–H groups in total. The Labute approximate surface area is 224 Å². The Morgan fingerprint density at radius 1 is 1.18 bits per heavy atom. The van der Waals surface area contributed by atoms with Gasteiger partial charge >= 0.3 is 0 Å². The SMILES string of the molecule is C=N/C=C(\C=C(/C)c1ccc2[nH]nc(-c3nc4c(-c5cccc(F)c5)cncc4[nH]3)c2c1)NC(=O)CC(C)C. The lowest BCUT2D eigenvalue weighted by Crippen LogP contribution is -2.23. The van der Waals surface area contributed by atoms with Crippen LogP contribution in [-0.2, 0) is 4.79 Å². The Balaban J connectivity index is 1.52. The van der Waals surface area contributed by atoms with Crippen molar-refractivity contribution in [3.63, 3.8) is 0 Å². The van der Waals surface area contributed by atoms with Gasteiger partial charge in [-0.05, 0) is 66.6 Å². The van der Waals surface area contributed by atoms with Gasteiger partial charge in [0.05, 0.1) is 28.4 Å². The minimum Gasteiger partial charge on any atom is -0.335 e. The van der Waals surface area contributed by atoms with Crippen LogP contribution in [0, 0.1) is 11.7 Å². The first-order chi connectivity index (χ1) is 18.8. The van der Waals surface area contributed by atoms with E-state index in [1.54, 1.807) is 18.5 Å². The predicted molar refractivity (Wildman–Crippen MR) is 153 cm³/mol. The third-order valence-electron chi connectivity index (χ3n) is 6.25. The van der Waals surface area contributed by atoms with E-state index in [4.69, 9.17) is 4.98 Å². The number of benzene rings is 2. The largest absolute Gasteiger partial charge is 0.335 e. The van der Waals surface area contributed by atoms with Crippen molar-refractivity contribution in [1.29, 1.82) is 0 Å². The van der Waals surface area contributed by atoms with Gasteiger partial charge in [-0.25, -0.2) is 9.37 Å². The van der Waals surface area contributed by atoms with Crippen LogP contribution < -0.4 is 5.32 Å². The second-order valence-electron chi connectivity index (χ2n) is 9.75. The van der Waals surface area contributed by atoms with Crippen molar-refractivity contribution in [2.45, 2.75) is 27.2 Å². The van der Waals surface area contributed by atoms with Crippen molar-refractivity contribution in [3.8, 4) is 22.6 Å². The minimum atomic E-state index is -0.323. The molecule has 5 rings (SSSR count). The van der Waals surface area contributed by atoms with Crippen molar-refractivity contribution in [2.75, 3.05) is 0 Å². The molecule has 0 radical (unpaired) electrons. The maximum absolute atomic E-state index is 13.9. The van der Waals surface area contributed by atoms with Crippen LogP contribution in [0.1, 0.15) is 32.8 Å². The van der Waals surface area contributed by atoms with Gasteiger partial charge in [-0.2, -0.15) is 5.10 Å². The number of nitrogens with one attached hydrogen (secondary N) is 3. The van der Waals surface area contributed by atoms with Gasteiger partial charge < -0.3 is 10.3 Å². The lowest BCUT2D eigenvalue weighted by molar-refractivity contribution is -0.121. The quantitative estimate of drug-likeness (QED) is 0.162. The Hall–Kier alpha value is -4.92. The molecule has 196 valence electrons. The fourth-order valence-corrected chi connectivity index (χ4v) is 4.46. The summed E-state index contributed by atoms with van der Waals surface area (Å²) >= 11 is 0. The van der Waals surface area contributed by atoms with Crippen LogP contribution in [0.15, 0.2) is 77.8 Å². The zero-order valence-electron chi connectivity index (χ0n) is 21.9. The highest BCUT2D eigenvalue weighted by Gasteiger charge is 2.16. The standard InChI is InChI=1S/C30H28FN7O/c1-17(2)10-27(39)34-22(14-32-4)11-18(3)19-8-9-25-23(13-19)29(38-37-25)30-35-26-16-33-15-24(28(26)36-30)20-6-5-7-21(31)12-20/h5-9,11-17H,4,10H2,1-3H3,(H,34,39)(H,35,36)(H,37,38)/b18-11+,22-14+. The number of hydrogen-bond donors (Lipinski definition) is 3. The number of carbonyl (C=O) groups excluding carboxylic acids is 1. The third kappa shape index (κ3) is 5.52. The van der Waals surface area contributed by atoms with E-state index >= 15 is 0 Å². The second kappa shape index (κ2) is 10.8. The van der Waals surface area contributed by atoms with E-state index in [9.17, 15) is 9.18 Å². The van der Waals surface area contributed by atoms with E-state index in [0.717, 1.165) is 33.1 Å². The van der Waals surface area contributed by atoms with Gasteiger partial charge in [-0.3, -0.25) is 19.9 Å². The molecule has 0 bridgehead atoms. The molecule has 3 aromatic heterocycles. The van der Waals surface area contributed by atoms with Gasteiger partial charge in [-0.15, -0.1) is 0 Å². The van der Waals surface area contributed by atoms with Gasteiger partial charge in [0.2, 0.25) is 5.91 Å². The lowest BCUT2D eigenvalue weighted by atomic mass is 10.0. The summed E-state index contributed by atoms with van der Waals surface area (Å²) in [6.45, 7) is 9.47. The molecule has 0 aliphatic carbocycles. The maximum atomic E-state index is 13.9. The van der Waals surface area contributed by atoms with Crippen LogP contribution in [0.5, 0.6) is 0 Å². The topological polar surface area (TPSA) is 112 Å². The van der Waals surface area contributed by atoms with Crippen LogP contribution >= 0.6 is 0 Å². The third-order valence-corrected chi connectivity index (χ3v) is 6.25. The maximum Gasteiger partial charge on any atom is 0.224 e. The molecule has 0 saturated carbocycles. The van der Waals surface area contributed by atoms with Gasteiger partial charge in [0.25, 0.3) is 0 Å². The number of pyridine rings is 1. The Morgan fingerprint density at radius 2 is 2.03 bits per heavy atom. The monoisotopic (exact) mass is 521 g/mol. The molecule has 0 aliphatic rings. The number of rotatable bonds is 8. The molecule has 1 amide bonds. The molecule has 0 spiro atoms. The first-order valence-corrected chi connectivity index (χ1v) is 12.5. The first kappa shape index (κ1) is 25.7. The van der Waals surface area contributed by atoms with Crippen molar-refractivity contribution >= 4 is 40.1 Å². The van der Waals surface area contributed by atoms with Crippen LogP contribution in [0.2, 0.25) is 0 Å². The van der Waals surface area contributed by atoms with Gasteiger partial charge in [-0.1, -0.05) is 32.0 Å². The fourth-order valence-electron chi connectivity index (χ4n) is 4.46. The highest BCUT2D eigenvalue weighted by atomic mass is 19.1. The second-order valence-corrected chi connectivity index (χ2v) is 9.75.